The highest BCUT2D eigenvalue weighted by Gasteiger charge is 2.17. The summed E-state index contributed by atoms with van der Waals surface area (Å²) in [5.41, 5.74) is 13.4. The summed E-state index contributed by atoms with van der Waals surface area (Å²) in [6.07, 6.45) is 3.66. The third-order valence-electron chi connectivity index (χ3n) is 9.82. The van der Waals surface area contributed by atoms with E-state index in [1.165, 1.54) is 0 Å². The van der Waals surface area contributed by atoms with Crippen molar-refractivity contribution in [2.24, 2.45) is 0 Å². The fraction of sp³-hybridized carbons (Fsp3) is 0. The minimum atomic E-state index is 0.901. The zero-order chi connectivity index (χ0) is 33.7. The van der Waals surface area contributed by atoms with Crippen LogP contribution in [0.2, 0.25) is 0 Å². The number of furan rings is 2. The van der Waals surface area contributed by atoms with Crippen LogP contribution in [0.25, 0.3) is 77.3 Å². The van der Waals surface area contributed by atoms with E-state index in [2.05, 4.69) is 143 Å². The smallest absolute Gasteiger partial charge is 0.143 e. The molecule has 0 aliphatic heterocycles. The molecule has 3 aromatic heterocycles. The van der Waals surface area contributed by atoms with Gasteiger partial charge >= 0.3 is 0 Å². The number of fused-ring (bicyclic) bond motifs is 6. The number of benzene rings is 7. The first-order chi connectivity index (χ1) is 25.3. The minimum absolute atomic E-state index is 0.901. The van der Waals surface area contributed by atoms with Crippen LogP contribution in [0.4, 0.5) is 17.1 Å². The zero-order valence-corrected chi connectivity index (χ0v) is 27.5. The van der Waals surface area contributed by atoms with Crippen molar-refractivity contribution in [2.45, 2.75) is 0 Å². The van der Waals surface area contributed by atoms with Gasteiger partial charge in [0.25, 0.3) is 0 Å². The van der Waals surface area contributed by atoms with E-state index in [-0.39, 0.29) is 0 Å². The third kappa shape index (κ3) is 4.96. The molecule has 0 saturated carbocycles. The van der Waals surface area contributed by atoms with Crippen LogP contribution in [0.15, 0.2) is 191 Å². The van der Waals surface area contributed by atoms with E-state index in [9.17, 15) is 0 Å². The van der Waals surface area contributed by atoms with E-state index in [4.69, 9.17) is 8.83 Å². The van der Waals surface area contributed by atoms with Crippen LogP contribution < -0.4 is 4.90 Å². The van der Waals surface area contributed by atoms with Gasteiger partial charge in [0.15, 0.2) is 0 Å². The molecule has 0 unspecified atom stereocenters. The topological polar surface area (TPSA) is 42.4 Å². The number of para-hydroxylation sites is 4. The molecule has 240 valence electrons. The van der Waals surface area contributed by atoms with Gasteiger partial charge in [-0.1, -0.05) is 109 Å². The summed E-state index contributed by atoms with van der Waals surface area (Å²) in [5, 5.41) is 4.52. The molecule has 51 heavy (non-hydrogen) atoms. The van der Waals surface area contributed by atoms with Crippen molar-refractivity contribution in [1.82, 2.24) is 4.98 Å². The third-order valence-corrected chi connectivity index (χ3v) is 9.82. The molecular formula is C47H30N2O2. The van der Waals surface area contributed by atoms with E-state index in [0.717, 1.165) is 94.3 Å². The summed E-state index contributed by atoms with van der Waals surface area (Å²) >= 11 is 0. The maximum atomic E-state index is 6.37. The van der Waals surface area contributed by atoms with Crippen LogP contribution in [0.5, 0.6) is 0 Å². The van der Waals surface area contributed by atoms with Gasteiger partial charge in [-0.3, -0.25) is 4.98 Å². The largest absolute Gasteiger partial charge is 0.455 e. The minimum Gasteiger partial charge on any atom is -0.455 e. The second kappa shape index (κ2) is 11.9. The predicted octanol–water partition coefficient (Wildman–Crippen LogP) is 13.4. The van der Waals surface area contributed by atoms with Crippen molar-refractivity contribution < 1.29 is 8.83 Å². The van der Waals surface area contributed by atoms with Crippen molar-refractivity contribution in [1.29, 1.82) is 0 Å². The molecule has 4 nitrogen and oxygen atoms in total. The molecule has 0 amide bonds. The van der Waals surface area contributed by atoms with Crippen molar-refractivity contribution in [3.63, 3.8) is 0 Å². The highest BCUT2D eigenvalue weighted by Crippen LogP contribution is 2.41. The quantitative estimate of drug-likeness (QED) is 0.179. The molecule has 0 fully saturated rings. The average molecular weight is 655 g/mol. The van der Waals surface area contributed by atoms with Gasteiger partial charge in [0, 0.05) is 62.1 Å². The van der Waals surface area contributed by atoms with Crippen LogP contribution in [-0.2, 0) is 0 Å². The number of pyridine rings is 1. The fourth-order valence-corrected chi connectivity index (χ4v) is 7.32. The number of aromatic nitrogens is 1. The van der Waals surface area contributed by atoms with Crippen molar-refractivity contribution in [3.8, 4) is 33.4 Å². The zero-order valence-electron chi connectivity index (χ0n) is 27.5. The van der Waals surface area contributed by atoms with E-state index in [1.807, 2.05) is 48.8 Å². The fourth-order valence-electron chi connectivity index (χ4n) is 7.32. The Hall–Kier alpha value is -6.91. The number of hydrogen-bond acceptors (Lipinski definition) is 4. The molecule has 0 N–H and O–H groups in total. The van der Waals surface area contributed by atoms with Gasteiger partial charge in [-0.2, -0.15) is 0 Å². The predicted molar refractivity (Wildman–Crippen MR) is 210 cm³/mol. The lowest BCUT2D eigenvalue weighted by molar-refractivity contribution is 0.669. The van der Waals surface area contributed by atoms with E-state index < -0.39 is 0 Å². The Labute approximate surface area is 294 Å². The summed E-state index contributed by atoms with van der Waals surface area (Å²) in [4.78, 5) is 6.49. The first kappa shape index (κ1) is 29.0. The molecule has 10 aromatic rings. The van der Waals surface area contributed by atoms with Gasteiger partial charge in [-0.25, -0.2) is 0 Å². The average Bonchev–Trinajstić information content (AvgIpc) is 3.78. The monoisotopic (exact) mass is 654 g/mol. The second-order valence-corrected chi connectivity index (χ2v) is 12.8. The molecular weight excluding hydrogens is 625 g/mol. The molecule has 0 aliphatic rings. The van der Waals surface area contributed by atoms with Crippen LogP contribution in [0, 0.1) is 0 Å². The normalized spacial score (nSPS) is 11.5. The molecule has 4 heteroatoms. The van der Waals surface area contributed by atoms with Gasteiger partial charge in [-0.15, -0.1) is 0 Å². The van der Waals surface area contributed by atoms with Crippen LogP contribution in [0.3, 0.4) is 0 Å². The number of anilines is 3. The van der Waals surface area contributed by atoms with Crippen LogP contribution in [-0.4, -0.2) is 4.98 Å². The molecule has 0 bridgehead atoms. The number of hydrogen-bond donors (Lipinski definition) is 0. The molecule has 0 radical (unpaired) electrons. The maximum absolute atomic E-state index is 6.37. The highest BCUT2D eigenvalue weighted by atomic mass is 16.3. The Balaban J connectivity index is 1.06. The summed E-state index contributed by atoms with van der Waals surface area (Å²) < 4.78 is 12.7. The molecule has 0 saturated heterocycles. The lowest BCUT2D eigenvalue weighted by Gasteiger charge is -2.26. The Morgan fingerprint density at radius 1 is 0.333 bits per heavy atom. The van der Waals surface area contributed by atoms with Gasteiger partial charge < -0.3 is 13.7 Å². The lowest BCUT2D eigenvalue weighted by Crippen LogP contribution is -2.09. The Morgan fingerprint density at radius 3 is 1.20 bits per heavy atom. The van der Waals surface area contributed by atoms with Crippen molar-refractivity contribution in [2.75, 3.05) is 4.90 Å². The maximum Gasteiger partial charge on any atom is 0.143 e. The van der Waals surface area contributed by atoms with Crippen LogP contribution in [0.1, 0.15) is 0 Å². The van der Waals surface area contributed by atoms with Gasteiger partial charge in [-0.05, 0) is 82.9 Å². The molecule has 0 atom stereocenters. The number of rotatable bonds is 6. The number of nitrogens with zero attached hydrogens (tertiary/aromatic N) is 2. The first-order valence-corrected chi connectivity index (χ1v) is 17.1. The molecule has 3 heterocycles. The Kier molecular flexibility index (Phi) is 6.78. The summed E-state index contributed by atoms with van der Waals surface area (Å²) in [6.45, 7) is 0. The second-order valence-electron chi connectivity index (χ2n) is 12.8. The molecule has 10 rings (SSSR count). The standard InChI is InChI=1S/C47H30N2O2/c1-3-13-44-40(7-1)42-11-5-9-38(46(42)50-44)33-17-23-36(24-18-33)49(35-21-15-31(16-22-35)32-27-29-48-30-28-32)37-25-19-34(20-26-37)39-10-6-12-43-41-8-2-4-14-45(41)51-47(39)43/h1-30H. The lowest BCUT2D eigenvalue weighted by atomic mass is 10.0. The SMILES string of the molecule is c1ccc2c(c1)oc1c(-c3ccc(N(c4ccc(-c5ccncc5)cc4)c4ccc(-c5cccc6c5oc5ccccc56)cc4)cc3)cccc12. The van der Waals surface area contributed by atoms with Gasteiger partial charge in [0.2, 0.25) is 0 Å². The summed E-state index contributed by atoms with van der Waals surface area (Å²) in [5.74, 6) is 0. The highest BCUT2D eigenvalue weighted by molar-refractivity contribution is 6.10. The van der Waals surface area contributed by atoms with Crippen molar-refractivity contribution in [3.05, 3.63) is 182 Å². The summed E-state index contributed by atoms with van der Waals surface area (Å²) in [7, 11) is 0. The van der Waals surface area contributed by atoms with Crippen LogP contribution >= 0.6 is 0 Å². The van der Waals surface area contributed by atoms with Crippen molar-refractivity contribution >= 4 is 60.9 Å². The molecule has 0 spiro atoms. The Bertz CT molecular complexity index is 2670. The van der Waals surface area contributed by atoms with Gasteiger partial charge in [0.05, 0.1) is 0 Å². The Morgan fingerprint density at radius 2 is 0.725 bits per heavy atom. The van der Waals surface area contributed by atoms with E-state index in [1.54, 1.807) is 0 Å². The molecule has 0 aliphatic carbocycles. The molecule has 7 aromatic carbocycles. The van der Waals surface area contributed by atoms with E-state index >= 15 is 0 Å². The summed E-state index contributed by atoms with van der Waals surface area (Å²) in [6, 6.07) is 59.5. The first-order valence-electron chi connectivity index (χ1n) is 17.1. The van der Waals surface area contributed by atoms with Gasteiger partial charge in [0.1, 0.15) is 22.3 Å². The van der Waals surface area contributed by atoms with E-state index in [0.29, 0.717) is 0 Å².